The molecule has 1 unspecified atom stereocenters. The number of rotatable bonds is 3. The first-order valence-electron chi connectivity index (χ1n) is 5.83. The smallest absolute Gasteiger partial charge is 0.335 e. The maximum absolute atomic E-state index is 13.6. The number of benzene rings is 1. The fraction of sp³-hybridized carbons (Fsp3) is 0.462. The number of carboxylic acids is 1. The highest BCUT2D eigenvalue weighted by atomic mass is 19.1. The minimum Gasteiger partial charge on any atom is -0.478 e. The highest BCUT2D eigenvalue weighted by molar-refractivity contribution is 5.87. The molecule has 1 aromatic carbocycles. The second-order valence-electron chi connectivity index (χ2n) is 4.57. The van der Waals surface area contributed by atoms with Crippen LogP contribution in [0.4, 0.5) is 4.39 Å². The number of halogens is 1. The van der Waals surface area contributed by atoms with Gasteiger partial charge in [-0.05, 0) is 44.5 Å². The maximum Gasteiger partial charge on any atom is 0.335 e. The summed E-state index contributed by atoms with van der Waals surface area (Å²) in [7, 11) is 0. The molecular formula is C13H16FNO2. The first kappa shape index (κ1) is 12.0. The van der Waals surface area contributed by atoms with E-state index < -0.39 is 5.97 Å². The number of likely N-dealkylation sites (tertiary alicyclic amines) is 1. The van der Waals surface area contributed by atoms with Gasteiger partial charge in [-0.2, -0.15) is 0 Å². The molecule has 0 bridgehead atoms. The van der Waals surface area contributed by atoms with Crippen molar-refractivity contribution in [1.82, 2.24) is 4.90 Å². The van der Waals surface area contributed by atoms with Gasteiger partial charge in [0.25, 0.3) is 0 Å². The summed E-state index contributed by atoms with van der Waals surface area (Å²) >= 11 is 0. The summed E-state index contributed by atoms with van der Waals surface area (Å²) in [4.78, 5) is 13.0. The van der Waals surface area contributed by atoms with Gasteiger partial charge in [0, 0.05) is 18.2 Å². The predicted octanol–water partition coefficient (Wildman–Crippen LogP) is 2.51. The summed E-state index contributed by atoms with van der Waals surface area (Å²) < 4.78 is 13.6. The molecule has 1 heterocycles. The monoisotopic (exact) mass is 237 g/mol. The SMILES string of the molecule is CC1CCCN1Cc1cc(C(=O)O)ccc1F. The Morgan fingerprint density at radius 1 is 1.59 bits per heavy atom. The number of nitrogens with zero attached hydrogens (tertiary/aromatic N) is 1. The minimum absolute atomic E-state index is 0.147. The average molecular weight is 237 g/mol. The molecule has 1 fully saturated rings. The van der Waals surface area contributed by atoms with E-state index >= 15 is 0 Å². The quantitative estimate of drug-likeness (QED) is 0.878. The average Bonchev–Trinajstić information content (AvgIpc) is 2.67. The largest absolute Gasteiger partial charge is 0.478 e. The molecule has 1 aromatic rings. The molecule has 2 rings (SSSR count). The van der Waals surface area contributed by atoms with Gasteiger partial charge in [0.1, 0.15) is 5.82 Å². The molecule has 0 aromatic heterocycles. The minimum atomic E-state index is -1.01. The van der Waals surface area contributed by atoms with Crippen LogP contribution in [0.25, 0.3) is 0 Å². The van der Waals surface area contributed by atoms with Gasteiger partial charge in [0.05, 0.1) is 5.56 Å². The molecule has 1 aliphatic heterocycles. The molecule has 0 aliphatic carbocycles. The van der Waals surface area contributed by atoms with Gasteiger partial charge in [-0.15, -0.1) is 0 Å². The standard InChI is InChI=1S/C13H16FNO2/c1-9-3-2-6-15(9)8-11-7-10(13(16)17)4-5-12(11)14/h4-5,7,9H,2-3,6,8H2,1H3,(H,16,17). The number of hydrogen-bond donors (Lipinski definition) is 1. The van der Waals surface area contributed by atoms with E-state index in [0.29, 0.717) is 18.2 Å². The summed E-state index contributed by atoms with van der Waals surface area (Å²) in [6.45, 7) is 3.57. The first-order chi connectivity index (χ1) is 8.08. The van der Waals surface area contributed by atoms with E-state index in [1.165, 1.54) is 18.2 Å². The van der Waals surface area contributed by atoms with Crippen LogP contribution in [0.5, 0.6) is 0 Å². The van der Waals surface area contributed by atoms with Gasteiger partial charge in [-0.25, -0.2) is 9.18 Å². The Morgan fingerprint density at radius 3 is 2.94 bits per heavy atom. The molecular weight excluding hydrogens is 221 g/mol. The van der Waals surface area contributed by atoms with Crippen LogP contribution < -0.4 is 0 Å². The second-order valence-corrected chi connectivity index (χ2v) is 4.57. The highest BCUT2D eigenvalue weighted by Gasteiger charge is 2.21. The van der Waals surface area contributed by atoms with Crippen molar-refractivity contribution in [2.24, 2.45) is 0 Å². The molecule has 0 radical (unpaired) electrons. The number of carbonyl (C=O) groups is 1. The Morgan fingerprint density at radius 2 is 2.35 bits per heavy atom. The Bertz CT molecular complexity index is 433. The van der Waals surface area contributed by atoms with Crippen molar-refractivity contribution < 1.29 is 14.3 Å². The zero-order valence-electron chi connectivity index (χ0n) is 9.82. The summed E-state index contributed by atoms with van der Waals surface area (Å²) in [6.07, 6.45) is 2.25. The summed E-state index contributed by atoms with van der Waals surface area (Å²) in [6, 6.07) is 4.42. The zero-order chi connectivity index (χ0) is 12.4. The Balaban J connectivity index is 2.19. The lowest BCUT2D eigenvalue weighted by molar-refractivity contribution is 0.0696. The molecule has 4 heteroatoms. The molecule has 1 aliphatic rings. The molecule has 3 nitrogen and oxygen atoms in total. The fourth-order valence-electron chi connectivity index (χ4n) is 2.28. The van der Waals surface area contributed by atoms with E-state index in [9.17, 15) is 9.18 Å². The van der Waals surface area contributed by atoms with E-state index in [4.69, 9.17) is 5.11 Å². The van der Waals surface area contributed by atoms with Crippen LogP contribution in [0.2, 0.25) is 0 Å². The first-order valence-corrected chi connectivity index (χ1v) is 5.83. The Labute approximate surface area is 99.9 Å². The van der Waals surface area contributed by atoms with Gasteiger partial charge in [-0.3, -0.25) is 4.90 Å². The maximum atomic E-state index is 13.6. The van der Waals surface area contributed by atoms with E-state index in [2.05, 4.69) is 11.8 Å². The topological polar surface area (TPSA) is 40.5 Å². The molecule has 0 saturated carbocycles. The third-order valence-electron chi connectivity index (χ3n) is 3.36. The predicted molar refractivity (Wildman–Crippen MR) is 62.5 cm³/mol. The summed E-state index contributed by atoms with van der Waals surface area (Å²) in [5.74, 6) is -1.34. The van der Waals surface area contributed by atoms with E-state index in [-0.39, 0.29) is 11.4 Å². The van der Waals surface area contributed by atoms with Crippen LogP contribution >= 0.6 is 0 Å². The number of hydrogen-bond acceptors (Lipinski definition) is 2. The molecule has 0 amide bonds. The van der Waals surface area contributed by atoms with E-state index in [0.717, 1.165) is 19.4 Å². The summed E-state index contributed by atoms with van der Waals surface area (Å²) in [5, 5.41) is 8.88. The van der Waals surface area contributed by atoms with Gasteiger partial charge < -0.3 is 5.11 Å². The van der Waals surface area contributed by atoms with E-state index in [1.807, 2.05) is 0 Å². The van der Waals surface area contributed by atoms with Crippen molar-refractivity contribution >= 4 is 5.97 Å². The third-order valence-corrected chi connectivity index (χ3v) is 3.36. The van der Waals surface area contributed by atoms with Crippen LogP contribution in [-0.4, -0.2) is 28.6 Å². The van der Waals surface area contributed by atoms with Crippen LogP contribution in [0.1, 0.15) is 35.7 Å². The normalized spacial score (nSPS) is 20.7. The van der Waals surface area contributed by atoms with Crippen molar-refractivity contribution in [3.05, 3.63) is 35.1 Å². The van der Waals surface area contributed by atoms with Crippen LogP contribution in [0, 0.1) is 5.82 Å². The van der Waals surface area contributed by atoms with Crippen molar-refractivity contribution in [3.63, 3.8) is 0 Å². The summed E-state index contributed by atoms with van der Waals surface area (Å²) in [5.41, 5.74) is 0.618. The van der Waals surface area contributed by atoms with Gasteiger partial charge in [0.2, 0.25) is 0 Å². The zero-order valence-corrected chi connectivity index (χ0v) is 9.82. The molecule has 92 valence electrons. The lowest BCUT2D eigenvalue weighted by atomic mass is 10.1. The van der Waals surface area contributed by atoms with Gasteiger partial charge in [0.15, 0.2) is 0 Å². The number of aromatic carboxylic acids is 1. The molecule has 17 heavy (non-hydrogen) atoms. The molecule has 0 spiro atoms. The van der Waals surface area contributed by atoms with Gasteiger partial charge >= 0.3 is 5.97 Å². The van der Waals surface area contributed by atoms with Gasteiger partial charge in [-0.1, -0.05) is 0 Å². The Kier molecular flexibility index (Phi) is 3.43. The molecule has 1 saturated heterocycles. The van der Waals surface area contributed by atoms with Crippen molar-refractivity contribution in [2.45, 2.75) is 32.4 Å². The van der Waals surface area contributed by atoms with Crippen LogP contribution in [-0.2, 0) is 6.54 Å². The van der Waals surface area contributed by atoms with Crippen molar-refractivity contribution in [1.29, 1.82) is 0 Å². The Hall–Kier alpha value is -1.42. The van der Waals surface area contributed by atoms with Crippen molar-refractivity contribution in [2.75, 3.05) is 6.54 Å². The lowest BCUT2D eigenvalue weighted by Gasteiger charge is -2.21. The van der Waals surface area contributed by atoms with Crippen LogP contribution in [0.3, 0.4) is 0 Å². The van der Waals surface area contributed by atoms with E-state index in [1.54, 1.807) is 0 Å². The highest BCUT2D eigenvalue weighted by Crippen LogP contribution is 2.21. The third kappa shape index (κ3) is 2.64. The molecule has 1 N–H and O–H groups in total. The van der Waals surface area contributed by atoms with Crippen molar-refractivity contribution in [3.8, 4) is 0 Å². The lowest BCUT2D eigenvalue weighted by Crippen LogP contribution is -2.26. The second kappa shape index (κ2) is 4.84. The molecule has 1 atom stereocenters. The fourth-order valence-corrected chi connectivity index (χ4v) is 2.28. The number of carboxylic acid groups (broad SMARTS) is 1. The van der Waals surface area contributed by atoms with Crippen LogP contribution in [0.15, 0.2) is 18.2 Å².